The first-order valence-electron chi connectivity index (χ1n) is 3.12. The van der Waals surface area contributed by atoms with Crippen LogP contribution >= 0.6 is 0 Å². The fourth-order valence-corrected chi connectivity index (χ4v) is 0.791. The van der Waals surface area contributed by atoms with Crippen molar-refractivity contribution in [1.82, 2.24) is 0 Å². The van der Waals surface area contributed by atoms with Gasteiger partial charge in [-0.1, -0.05) is 12.1 Å². The minimum Gasteiger partial charge on any atom is -0.399 e. The maximum Gasteiger partial charge on any atom is 0.0506 e. The Labute approximate surface area is 60.3 Å². The zero-order valence-corrected chi connectivity index (χ0v) is 5.62. The smallest absolute Gasteiger partial charge is 0.0506 e. The molecule has 0 fully saturated rings. The van der Waals surface area contributed by atoms with Crippen LogP contribution in [0.25, 0.3) is 0 Å². The molecule has 0 saturated heterocycles. The van der Waals surface area contributed by atoms with E-state index in [-0.39, 0.29) is 6.61 Å². The maximum absolute atomic E-state index is 8.51. The Kier molecular flexibility index (Phi) is 2.29. The zero-order valence-electron chi connectivity index (χ0n) is 5.62. The molecule has 1 aromatic carbocycles. The molecule has 0 bridgehead atoms. The van der Waals surface area contributed by atoms with Crippen LogP contribution in [0.4, 0.5) is 5.69 Å². The summed E-state index contributed by atoms with van der Waals surface area (Å²) < 4.78 is 0. The van der Waals surface area contributed by atoms with Crippen LogP contribution in [0.1, 0.15) is 5.56 Å². The Morgan fingerprint density at radius 1 is 1.50 bits per heavy atom. The molecule has 0 atom stereocenters. The lowest BCUT2D eigenvalue weighted by Crippen LogP contribution is -1.89. The van der Waals surface area contributed by atoms with Crippen LogP contribution in [-0.2, 0) is 0 Å². The SMILES string of the molecule is Nc1cccc([CH]CO)c1. The molecule has 0 aliphatic rings. The quantitative estimate of drug-likeness (QED) is 0.591. The highest BCUT2D eigenvalue weighted by atomic mass is 16.2. The molecule has 53 valence electrons. The largest absolute Gasteiger partial charge is 0.399 e. The molecule has 0 unspecified atom stereocenters. The van der Waals surface area contributed by atoms with Crippen molar-refractivity contribution in [3.05, 3.63) is 36.2 Å². The van der Waals surface area contributed by atoms with Crippen molar-refractivity contribution < 1.29 is 5.11 Å². The summed E-state index contributed by atoms with van der Waals surface area (Å²) in [6, 6.07) is 7.38. The average Bonchev–Trinajstić information content (AvgIpc) is 1.88. The standard InChI is InChI=1S/C8H10NO/c9-8-3-1-2-7(6-8)4-5-10/h1-4,6,10H,5,9H2. The molecule has 2 nitrogen and oxygen atoms in total. The number of nitrogen functional groups attached to an aromatic ring is 1. The molecule has 0 spiro atoms. The second kappa shape index (κ2) is 3.22. The molecule has 0 aliphatic carbocycles. The molecule has 1 radical (unpaired) electrons. The third kappa shape index (κ3) is 1.74. The van der Waals surface area contributed by atoms with E-state index in [2.05, 4.69) is 0 Å². The Hall–Kier alpha value is -1.02. The van der Waals surface area contributed by atoms with Gasteiger partial charge in [0.25, 0.3) is 0 Å². The van der Waals surface area contributed by atoms with E-state index in [4.69, 9.17) is 10.8 Å². The number of aliphatic hydroxyl groups is 1. The second-order valence-electron chi connectivity index (χ2n) is 2.06. The van der Waals surface area contributed by atoms with Gasteiger partial charge in [0.15, 0.2) is 0 Å². The molecular weight excluding hydrogens is 126 g/mol. The summed E-state index contributed by atoms with van der Waals surface area (Å²) in [6.07, 6.45) is 1.70. The highest BCUT2D eigenvalue weighted by molar-refractivity contribution is 5.42. The molecule has 0 amide bonds. The minimum absolute atomic E-state index is 0.0590. The van der Waals surface area contributed by atoms with Crippen molar-refractivity contribution in [2.75, 3.05) is 12.3 Å². The third-order valence-electron chi connectivity index (χ3n) is 1.24. The normalized spacial score (nSPS) is 9.70. The van der Waals surface area contributed by atoms with Gasteiger partial charge in [0.2, 0.25) is 0 Å². The molecule has 3 N–H and O–H groups in total. The molecule has 10 heavy (non-hydrogen) atoms. The summed E-state index contributed by atoms with van der Waals surface area (Å²) in [6.45, 7) is 0.0590. The van der Waals surface area contributed by atoms with E-state index in [0.29, 0.717) is 0 Å². The average molecular weight is 136 g/mol. The number of aliphatic hydroxyl groups excluding tert-OH is 1. The molecule has 0 aromatic heterocycles. The van der Waals surface area contributed by atoms with Crippen LogP contribution in [0.5, 0.6) is 0 Å². The highest BCUT2D eigenvalue weighted by Gasteiger charge is 1.90. The second-order valence-corrected chi connectivity index (χ2v) is 2.06. The van der Waals surface area contributed by atoms with Gasteiger partial charge < -0.3 is 10.8 Å². The fraction of sp³-hybridized carbons (Fsp3) is 0.125. The Bertz CT molecular complexity index is 210. The number of benzene rings is 1. The van der Waals surface area contributed by atoms with E-state index in [1.54, 1.807) is 6.42 Å². The number of rotatable bonds is 2. The summed E-state index contributed by atoms with van der Waals surface area (Å²) in [5.74, 6) is 0. The molecule has 0 aliphatic heterocycles. The lowest BCUT2D eigenvalue weighted by atomic mass is 10.1. The molecular formula is C8H10NO. The van der Waals surface area contributed by atoms with E-state index in [1.807, 2.05) is 24.3 Å². The van der Waals surface area contributed by atoms with Crippen molar-refractivity contribution in [2.45, 2.75) is 0 Å². The fourth-order valence-electron chi connectivity index (χ4n) is 0.791. The van der Waals surface area contributed by atoms with Crippen molar-refractivity contribution in [2.24, 2.45) is 0 Å². The van der Waals surface area contributed by atoms with Gasteiger partial charge in [0, 0.05) is 12.1 Å². The first-order chi connectivity index (χ1) is 4.83. The number of hydrogen-bond donors (Lipinski definition) is 2. The van der Waals surface area contributed by atoms with Crippen molar-refractivity contribution >= 4 is 5.69 Å². The summed E-state index contributed by atoms with van der Waals surface area (Å²) in [5.41, 5.74) is 7.17. The van der Waals surface area contributed by atoms with E-state index >= 15 is 0 Å². The van der Waals surface area contributed by atoms with Gasteiger partial charge in [-0.3, -0.25) is 0 Å². The van der Waals surface area contributed by atoms with Crippen LogP contribution in [0.2, 0.25) is 0 Å². The summed E-state index contributed by atoms with van der Waals surface area (Å²) in [4.78, 5) is 0. The van der Waals surface area contributed by atoms with Crippen LogP contribution in [0, 0.1) is 6.42 Å². The maximum atomic E-state index is 8.51. The first kappa shape index (κ1) is 7.09. The molecule has 0 heterocycles. The van der Waals surface area contributed by atoms with Gasteiger partial charge in [0.1, 0.15) is 0 Å². The molecule has 0 saturated carbocycles. The minimum atomic E-state index is 0.0590. The van der Waals surface area contributed by atoms with Crippen molar-refractivity contribution in [3.63, 3.8) is 0 Å². The number of anilines is 1. The summed E-state index contributed by atoms with van der Waals surface area (Å²) in [5, 5.41) is 8.51. The highest BCUT2D eigenvalue weighted by Crippen LogP contribution is 2.07. The van der Waals surface area contributed by atoms with Crippen LogP contribution < -0.4 is 5.73 Å². The van der Waals surface area contributed by atoms with Crippen LogP contribution in [-0.4, -0.2) is 11.7 Å². The first-order valence-corrected chi connectivity index (χ1v) is 3.12. The topological polar surface area (TPSA) is 46.2 Å². The molecule has 1 rings (SSSR count). The van der Waals surface area contributed by atoms with Crippen LogP contribution in [0.3, 0.4) is 0 Å². The van der Waals surface area contributed by atoms with Crippen LogP contribution in [0.15, 0.2) is 24.3 Å². The van der Waals surface area contributed by atoms with E-state index in [1.165, 1.54) is 0 Å². The van der Waals surface area contributed by atoms with Gasteiger partial charge >= 0.3 is 0 Å². The van der Waals surface area contributed by atoms with Crippen molar-refractivity contribution in [3.8, 4) is 0 Å². The summed E-state index contributed by atoms with van der Waals surface area (Å²) in [7, 11) is 0. The van der Waals surface area contributed by atoms with Gasteiger partial charge in [0.05, 0.1) is 6.61 Å². The Balaban J connectivity index is 2.75. The lowest BCUT2D eigenvalue weighted by Gasteiger charge is -1.97. The summed E-state index contributed by atoms with van der Waals surface area (Å²) >= 11 is 0. The van der Waals surface area contributed by atoms with E-state index in [0.717, 1.165) is 11.3 Å². The van der Waals surface area contributed by atoms with Gasteiger partial charge in [-0.2, -0.15) is 0 Å². The lowest BCUT2D eigenvalue weighted by molar-refractivity contribution is 0.331. The number of nitrogens with two attached hydrogens (primary N) is 1. The Morgan fingerprint density at radius 3 is 2.90 bits per heavy atom. The van der Waals surface area contributed by atoms with E-state index in [9.17, 15) is 0 Å². The van der Waals surface area contributed by atoms with Crippen molar-refractivity contribution in [1.29, 1.82) is 0 Å². The van der Waals surface area contributed by atoms with Gasteiger partial charge in [-0.15, -0.1) is 0 Å². The van der Waals surface area contributed by atoms with Gasteiger partial charge in [-0.05, 0) is 17.7 Å². The monoisotopic (exact) mass is 136 g/mol. The number of hydrogen-bond acceptors (Lipinski definition) is 2. The predicted octanol–water partition coefficient (Wildman–Crippen LogP) is 0.813. The molecule has 2 heteroatoms. The predicted molar refractivity (Wildman–Crippen MR) is 41.3 cm³/mol. The zero-order chi connectivity index (χ0) is 7.40. The Morgan fingerprint density at radius 2 is 2.30 bits per heavy atom. The third-order valence-corrected chi connectivity index (χ3v) is 1.24. The molecule has 1 aromatic rings. The van der Waals surface area contributed by atoms with Gasteiger partial charge in [-0.25, -0.2) is 0 Å². The van der Waals surface area contributed by atoms with E-state index < -0.39 is 0 Å².